The van der Waals surface area contributed by atoms with Crippen molar-refractivity contribution >= 4 is 0 Å². The van der Waals surface area contributed by atoms with Crippen LogP contribution in [-0.2, 0) is 16.6 Å². The van der Waals surface area contributed by atoms with Gasteiger partial charge >= 0.3 is 0 Å². The highest BCUT2D eigenvalue weighted by Gasteiger charge is 2.20. The highest BCUT2D eigenvalue weighted by atomic mass is 16.5. The van der Waals surface area contributed by atoms with E-state index in [1.807, 2.05) is 0 Å². The molecule has 0 aromatic carbocycles. The Bertz CT molecular complexity index is 337. The van der Waals surface area contributed by atoms with Gasteiger partial charge in [0.25, 0.3) is 0 Å². The van der Waals surface area contributed by atoms with E-state index in [-0.39, 0.29) is 5.41 Å². The summed E-state index contributed by atoms with van der Waals surface area (Å²) in [6.07, 6.45) is 1.06. The molecule has 1 aliphatic rings. The van der Waals surface area contributed by atoms with Crippen LogP contribution in [0, 0.1) is 5.92 Å². The molecule has 0 atom stereocenters. The van der Waals surface area contributed by atoms with Crippen LogP contribution in [0.25, 0.3) is 0 Å². The average Bonchev–Trinajstić information content (AvgIpc) is 2.11. The van der Waals surface area contributed by atoms with E-state index < -0.39 is 0 Å². The lowest BCUT2D eigenvalue weighted by atomic mass is 9.91. The van der Waals surface area contributed by atoms with Crippen molar-refractivity contribution in [2.24, 2.45) is 5.92 Å². The van der Waals surface area contributed by atoms with Crippen LogP contribution < -0.4 is 0 Å². The topological polar surface area (TPSA) is 22.1 Å². The Balaban J connectivity index is 2.11. The van der Waals surface area contributed by atoms with Gasteiger partial charge in [-0.3, -0.25) is 4.98 Å². The van der Waals surface area contributed by atoms with Crippen molar-refractivity contribution in [3.63, 3.8) is 0 Å². The fraction of sp³-hybridized carbons (Fsp3) is 0.615. The Hall–Kier alpha value is -0.890. The minimum absolute atomic E-state index is 0.145. The molecule has 0 aliphatic carbocycles. The molecule has 2 nitrogen and oxygen atoms in total. The van der Waals surface area contributed by atoms with E-state index in [0.29, 0.717) is 5.92 Å². The molecular formula is C13H19NO. The molecule has 15 heavy (non-hydrogen) atoms. The predicted octanol–water partition coefficient (Wildman–Crippen LogP) is 2.57. The van der Waals surface area contributed by atoms with Gasteiger partial charge < -0.3 is 4.74 Å². The van der Waals surface area contributed by atoms with Gasteiger partial charge in [0.05, 0.1) is 13.2 Å². The van der Waals surface area contributed by atoms with Gasteiger partial charge in [0.2, 0.25) is 0 Å². The van der Waals surface area contributed by atoms with E-state index in [1.54, 1.807) is 0 Å². The van der Waals surface area contributed by atoms with Crippen LogP contribution in [0.4, 0.5) is 0 Å². The molecule has 0 N–H and O–H groups in total. The Morgan fingerprint density at radius 3 is 2.60 bits per heavy atom. The zero-order valence-electron chi connectivity index (χ0n) is 9.79. The molecule has 1 aromatic rings. The van der Waals surface area contributed by atoms with E-state index in [1.165, 1.54) is 11.4 Å². The normalized spacial score (nSPS) is 17.5. The second-order valence-corrected chi connectivity index (χ2v) is 5.37. The number of hydrogen-bond donors (Lipinski definition) is 0. The first-order valence-corrected chi connectivity index (χ1v) is 5.60. The fourth-order valence-electron chi connectivity index (χ4n) is 1.71. The second kappa shape index (κ2) is 3.93. The van der Waals surface area contributed by atoms with Gasteiger partial charge in [-0.1, -0.05) is 26.8 Å². The van der Waals surface area contributed by atoms with E-state index in [0.717, 1.165) is 19.6 Å². The number of pyridine rings is 1. The molecular weight excluding hydrogens is 186 g/mol. The molecule has 1 aliphatic heterocycles. The van der Waals surface area contributed by atoms with Crippen molar-refractivity contribution in [2.75, 3.05) is 13.2 Å². The van der Waals surface area contributed by atoms with E-state index >= 15 is 0 Å². The van der Waals surface area contributed by atoms with Crippen LogP contribution in [-0.4, -0.2) is 18.2 Å². The number of aromatic nitrogens is 1. The smallest absolute Gasteiger partial charge is 0.0520 e. The summed E-state index contributed by atoms with van der Waals surface area (Å²) in [6, 6.07) is 6.34. The van der Waals surface area contributed by atoms with Crippen LogP contribution in [0.2, 0.25) is 0 Å². The van der Waals surface area contributed by atoms with Gasteiger partial charge in [0.1, 0.15) is 0 Å². The van der Waals surface area contributed by atoms with Crippen LogP contribution >= 0.6 is 0 Å². The minimum atomic E-state index is 0.145. The van der Waals surface area contributed by atoms with E-state index in [9.17, 15) is 0 Å². The van der Waals surface area contributed by atoms with Gasteiger partial charge in [0, 0.05) is 22.7 Å². The Kier molecular flexibility index (Phi) is 2.79. The maximum atomic E-state index is 5.18. The molecule has 2 heterocycles. The molecule has 0 spiro atoms. The highest BCUT2D eigenvalue weighted by molar-refractivity contribution is 5.18. The number of ether oxygens (including phenoxy) is 1. The third kappa shape index (κ3) is 2.57. The summed E-state index contributed by atoms with van der Waals surface area (Å²) in [7, 11) is 0. The van der Waals surface area contributed by atoms with Crippen molar-refractivity contribution in [2.45, 2.75) is 32.6 Å². The molecule has 82 valence electrons. The van der Waals surface area contributed by atoms with Crippen LogP contribution in [0.3, 0.4) is 0 Å². The lowest BCUT2D eigenvalue weighted by molar-refractivity contribution is -0.0316. The van der Waals surface area contributed by atoms with Gasteiger partial charge in [0.15, 0.2) is 0 Å². The monoisotopic (exact) mass is 205 g/mol. The Morgan fingerprint density at radius 2 is 2.07 bits per heavy atom. The third-order valence-electron chi connectivity index (χ3n) is 2.78. The molecule has 1 aromatic heterocycles. The largest absolute Gasteiger partial charge is 0.381 e. The summed E-state index contributed by atoms with van der Waals surface area (Å²) in [6.45, 7) is 8.41. The molecule has 0 unspecified atom stereocenters. The summed E-state index contributed by atoms with van der Waals surface area (Å²) >= 11 is 0. The standard InChI is InChI=1S/C13H19NO/c1-13(2,3)12-6-4-5-11(14-12)7-10-8-15-9-10/h4-6,10H,7-9H2,1-3H3. The lowest BCUT2D eigenvalue weighted by Gasteiger charge is -2.26. The summed E-state index contributed by atoms with van der Waals surface area (Å²) < 4.78 is 5.18. The zero-order valence-corrected chi connectivity index (χ0v) is 9.79. The zero-order chi connectivity index (χ0) is 10.9. The first-order valence-electron chi connectivity index (χ1n) is 5.60. The Labute approximate surface area is 91.7 Å². The van der Waals surface area contributed by atoms with Gasteiger partial charge in [-0.05, 0) is 18.6 Å². The quantitative estimate of drug-likeness (QED) is 0.740. The first kappa shape index (κ1) is 10.6. The minimum Gasteiger partial charge on any atom is -0.381 e. The molecule has 0 saturated carbocycles. The number of rotatable bonds is 2. The summed E-state index contributed by atoms with van der Waals surface area (Å²) in [5.41, 5.74) is 2.53. The molecule has 2 heteroatoms. The van der Waals surface area contributed by atoms with Crippen LogP contribution in [0.15, 0.2) is 18.2 Å². The van der Waals surface area contributed by atoms with Crippen molar-refractivity contribution in [3.8, 4) is 0 Å². The maximum Gasteiger partial charge on any atom is 0.0520 e. The van der Waals surface area contributed by atoms with Gasteiger partial charge in [-0.25, -0.2) is 0 Å². The maximum absolute atomic E-state index is 5.18. The van der Waals surface area contributed by atoms with Crippen LogP contribution in [0.5, 0.6) is 0 Å². The van der Waals surface area contributed by atoms with E-state index in [2.05, 4.69) is 39.0 Å². The number of hydrogen-bond acceptors (Lipinski definition) is 2. The lowest BCUT2D eigenvalue weighted by Crippen LogP contribution is -2.29. The molecule has 0 radical (unpaired) electrons. The Morgan fingerprint density at radius 1 is 1.33 bits per heavy atom. The fourth-order valence-corrected chi connectivity index (χ4v) is 1.71. The predicted molar refractivity (Wildman–Crippen MR) is 61.0 cm³/mol. The van der Waals surface area contributed by atoms with Crippen molar-refractivity contribution in [1.82, 2.24) is 4.98 Å². The van der Waals surface area contributed by atoms with Crippen molar-refractivity contribution in [1.29, 1.82) is 0 Å². The first-order chi connectivity index (χ1) is 7.05. The highest BCUT2D eigenvalue weighted by Crippen LogP contribution is 2.21. The molecule has 0 bridgehead atoms. The average molecular weight is 205 g/mol. The van der Waals surface area contributed by atoms with Crippen molar-refractivity contribution in [3.05, 3.63) is 29.6 Å². The SMILES string of the molecule is CC(C)(C)c1cccc(CC2COC2)n1. The molecule has 1 fully saturated rings. The molecule has 2 rings (SSSR count). The van der Waals surface area contributed by atoms with Crippen molar-refractivity contribution < 1.29 is 4.74 Å². The van der Waals surface area contributed by atoms with Gasteiger partial charge in [-0.2, -0.15) is 0 Å². The summed E-state index contributed by atoms with van der Waals surface area (Å²) in [5.74, 6) is 0.688. The van der Waals surface area contributed by atoms with Crippen LogP contribution in [0.1, 0.15) is 32.2 Å². The van der Waals surface area contributed by atoms with Gasteiger partial charge in [-0.15, -0.1) is 0 Å². The van der Waals surface area contributed by atoms with E-state index in [4.69, 9.17) is 9.72 Å². The molecule has 1 saturated heterocycles. The summed E-state index contributed by atoms with van der Waals surface area (Å²) in [5, 5.41) is 0. The summed E-state index contributed by atoms with van der Waals surface area (Å²) in [4.78, 5) is 4.71. The molecule has 0 amide bonds. The third-order valence-corrected chi connectivity index (χ3v) is 2.78. The second-order valence-electron chi connectivity index (χ2n) is 5.37. The number of nitrogens with zero attached hydrogens (tertiary/aromatic N) is 1.